The number of rotatable bonds is 5. The number of amides is 1. The fourth-order valence-electron chi connectivity index (χ4n) is 3.26. The quantitative estimate of drug-likeness (QED) is 0.664. The fraction of sp³-hybridized carbons (Fsp3) is 0.278. The normalized spacial score (nSPS) is 17.9. The van der Waals surface area contributed by atoms with E-state index in [9.17, 15) is 17.6 Å². The zero-order chi connectivity index (χ0) is 20.4. The van der Waals surface area contributed by atoms with Crippen LogP contribution in [0.1, 0.15) is 12.8 Å². The number of hydrogen-bond acceptors (Lipinski definition) is 6. The molecule has 1 atom stereocenters. The molecule has 1 aliphatic rings. The minimum atomic E-state index is -3.60. The van der Waals surface area contributed by atoms with Crippen molar-refractivity contribution in [2.75, 3.05) is 18.4 Å². The first kappa shape index (κ1) is 19.7. The van der Waals surface area contributed by atoms with E-state index in [2.05, 4.69) is 15.4 Å². The van der Waals surface area contributed by atoms with Gasteiger partial charge in [-0.3, -0.25) is 4.79 Å². The molecule has 8 nitrogen and oxygen atoms in total. The van der Waals surface area contributed by atoms with E-state index in [0.717, 1.165) is 11.3 Å². The van der Waals surface area contributed by atoms with Gasteiger partial charge in [-0.05, 0) is 42.5 Å². The first-order chi connectivity index (χ1) is 13.9. The topological polar surface area (TPSA) is 97.2 Å². The van der Waals surface area contributed by atoms with Crippen LogP contribution in [0.25, 0.3) is 5.69 Å². The lowest BCUT2D eigenvalue weighted by Gasteiger charge is -2.30. The van der Waals surface area contributed by atoms with Gasteiger partial charge in [-0.15, -0.1) is 11.3 Å². The molecule has 0 bridgehead atoms. The Morgan fingerprint density at radius 3 is 2.86 bits per heavy atom. The third-order valence-electron chi connectivity index (χ3n) is 4.72. The van der Waals surface area contributed by atoms with E-state index >= 15 is 0 Å². The Labute approximate surface area is 171 Å². The molecule has 1 aliphatic heterocycles. The third-order valence-corrected chi connectivity index (χ3v) is 7.96. The minimum Gasteiger partial charge on any atom is -0.326 e. The molecule has 1 saturated heterocycles. The Morgan fingerprint density at radius 1 is 1.31 bits per heavy atom. The molecule has 1 fully saturated rings. The highest BCUT2D eigenvalue weighted by Gasteiger charge is 2.33. The number of anilines is 1. The maximum absolute atomic E-state index is 14.4. The molecule has 29 heavy (non-hydrogen) atoms. The molecular weight excluding hydrogens is 417 g/mol. The SMILES string of the molecule is O=C(Nc1ccc(-n2cncn2)c(F)c1)C1CCCN(S(=O)(=O)c2cccs2)C1. The number of hydrogen-bond donors (Lipinski definition) is 1. The van der Waals surface area contributed by atoms with Gasteiger partial charge in [0, 0.05) is 18.8 Å². The number of carbonyl (C=O) groups excluding carboxylic acids is 1. The lowest BCUT2D eigenvalue weighted by molar-refractivity contribution is -0.120. The maximum atomic E-state index is 14.4. The Kier molecular flexibility index (Phi) is 5.43. The maximum Gasteiger partial charge on any atom is 0.252 e. The van der Waals surface area contributed by atoms with Crippen molar-refractivity contribution >= 4 is 33.0 Å². The molecule has 1 aromatic carbocycles. The molecule has 3 aromatic rings. The van der Waals surface area contributed by atoms with Crippen molar-refractivity contribution in [3.63, 3.8) is 0 Å². The lowest BCUT2D eigenvalue weighted by atomic mass is 9.98. The van der Waals surface area contributed by atoms with E-state index in [0.29, 0.717) is 25.1 Å². The van der Waals surface area contributed by atoms with Crippen LogP contribution < -0.4 is 5.32 Å². The van der Waals surface area contributed by atoms with Gasteiger partial charge in [-0.25, -0.2) is 22.5 Å². The second-order valence-corrected chi connectivity index (χ2v) is 9.74. The Bertz CT molecular complexity index is 1100. The van der Waals surface area contributed by atoms with Gasteiger partial charge < -0.3 is 5.32 Å². The number of benzene rings is 1. The molecule has 1 unspecified atom stereocenters. The number of nitrogens with zero attached hydrogens (tertiary/aromatic N) is 4. The van der Waals surface area contributed by atoms with Gasteiger partial charge in [0.15, 0.2) is 5.82 Å². The average molecular weight is 436 g/mol. The summed E-state index contributed by atoms with van der Waals surface area (Å²) in [6, 6.07) is 7.51. The average Bonchev–Trinajstić information content (AvgIpc) is 3.42. The summed E-state index contributed by atoms with van der Waals surface area (Å²) < 4.78 is 42.7. The summed E-state index contributed by atoms with van der Waals surface area (Å²) in [5.74, 6) is -1.39. The molecule has 2 aromatic heterocycles. The summed E-state index contributed by atoms with van der Waals surface area (Å²) in [4.78, 5) is 16.5. The van der Waals surface area contributed by atoms with E-state index in [1.807, 2.05) is 0 Å². The van der Waals surface area contributed by atoms with Gasteiger partial charge in [0.05, 0.1) is 5.92 Å². The van der Waals surface area contributed by atoms with Crippen LogP contribution in [0.5, 0.6) is 0 Å². The van der Waals surface area contributed by atoms with E-state index in [1.54, 1.807) is 23.6 Å². The van der Waals surface area contributed by atoms with Gasteiger partial charge in [-0.1, -0.05) is 6.07 Å². The number of piperidine rings is 1. The number of nitrogens with one attached hydrogen (secondary N) is 1. The molecule has 0 spiro atoms. The molecule has 0 aliphatic carbocycles. The summed E-state index contributed by atoms with van der Waals surface area (Å²) in [6.07, 6.45) is 3.83. The number of sulfonamides is 1. The summed E-state index contributed by atoms with van der Waals surface area (Å²) >= 11 is 1.15. The molecule has 11 heteroatoms. The van der Waals surface area contributed by atoms with Crippen LogP contribution in [0.4, 0.5) is 10.1 Å². The van der Waals surface area contributed by atoms with Gasteiger partial charge >= 0.3 is 0 Å². The first-order valence-corrected chi connectivity index (χ1v) is 11.3. The molecule has 152 valence electrons. The fourth-order valence-corrected chi connectivity index (χ4v) is 5.93. The van der Waals surface area contributed by atoms with Crippen LogP contribution in [0.3, 0.4) is 0 Å². The van der Waals surface area contributed by atoms with Crippen molar-refractivity contribution in [2.45, 2.75) is 17.1 Å². The Hall–Kier alpha value is -2.63. The predicted molar refractivity (Wildman–Crippen MR) is 106 cm³/mol. The smallest absolute Gasteiger partial charge is 0.252 e. The van der Waals surface area contributed by atoms with Crippen molar-refractivity contribution < 1.29 is 17.6 Å². The van der Waals surface area contributed by atoms with Crippen molar-refractivity contribution in [1.82, 2.24) is 19.1 Å². The van der Waals surface area contributed by atoms with Crippen LogP contribution in [-0.4, -0.2) is 46.5 Å². The molecule has 0 radical (unpaired) electrons. The van der Waals surface area contributed by atoms with Crippen molar-refractivity contribution in [2.24, 2.45) is 5.92 Å². The highest BCUT2D eigenvalue weighted by molar-refractivity contribution is 7.91. The van der Waals surface area contributed by atoms with E-state index in [4.69, 9.17) is 0 Å². The van der Waals surface area contributed by atoms with E-state index in [-0.39, 0.29) is 22.3 Å². The van der Waals surface area contributed by atoms with E-state index in [1.165, 1.54) is 33.8 Å². The zero-order valence-electron chi connectivity index (χ0n) is 15.2. The van der Waals surface area contributed by atoms with Crippen LogP contribution >= 0.6 is 11.3 Å². The molecule has 1 amide bonds. The minimum absolute atomic E-state index is 0.103. The summed E-state index contributed by atoms with van der Waals surface area (Å²) in [6.45, 7) is 0.483. The van der Waals surface area contributed by atoms with Crippen molar-refractivity contribution in [3.05, 3.63) is 54.2 Å². The molecule has 1 N–H and O–H groups in total. The second-order valence-electron chi connectivity index (χ2n) is 6.63. The van der Waals surface area contributed by atoms with Crippen LogP contribution in [0.15, 0.2) is 52.6 Å². The lowest BCUT2D eigenvalue weighted by Crippen LogP contribution is -2.43. The van der Waals surface area contributed by atoms with Gasteiger partial charge in [0.25, 0.3) is 10.0 Å². The Balaban J connectivity index is 1.45. The van der Waals surface area contributed by atoms with Gasteiger partial charge in [0.2, 0.25) is 5.91 Å². The molecular formula is C18H18FN5O3S2. The molecule has 3 heterocycles. The molecule has 0 saturated carbocycles. The zero-order valence-corrected chi connectivity index (χ0v) is 16.9. The number of halogens is 1. The van der Waals surface area contributed by atoms with Gasteiger partial charge in [0.1, 0.15) is 22.6 Å². The molecule has 4 rings (SSSR count). The number of carbonyl (C=O) groups is 1. The summed E-state index contributed by atoms with van der Waals surface area (Å²) in [5, 5.41) is 8.28. The Morgan fingerprint density at radius 2 is 2.17 bits per heavy atom. The van der Waals surface area contributed by atoms with Gasteiger partial charge in [-0.2, -0.15) is 9.40 Å². The highest BCUT2D eigenvalue weighted by atomic mass is 32.2. The van der Waals surface area contributed by atoms with Crippen molar-refractivity contribution in [3.8, 4) is 5.69 Å². The summed E-state index contributed by atoms with van der Waals surface area (Å²) in [7, 11) is -3.60. The van der Waals surface area contributed by atoms with Crippen molar-refractivity contribution in [1.29, 1.82) is 0 Å². The predicted octanol–water partition coefficient (Wildman–Crippen LogP) is 2.51. The third kappa shape index (κ3) is 4.07. The first-order valence-electron chi connectivity index (χ1n) is 8.94. The van der Waals surface area contributed by atoms with Crippen LogP contribution in [-0.2, 0) is 14.8 Å². The second kappa shape index (κ2) is 8.01. The van der Waals surface area contributed by atoms with E-state index < -0.39 is 21.8 Å². The largest absolute Gasteiger partial charge is 0.326 e. The standard InChI is InChI=1S/C18H18FN5O3S2/c19-15-9-14(5-6-16(15)24-12-20-11-21-24)22-18(25)13-3-1-7-23(10-13)29(26,27)17-4-2-8-28-17/h2,4-6,8-9,11-13H,1,3,7,10H2,(H,22,25). The van der Waals surface area contributed by atoms with Crippen LogP contribution in [0.2, 0.25) is 0 Å². The number of aromatic nitrogens is 3. The van der Waals surface area contributed by atoms with Crippen LogP contribution in [0, 0.1) is 11.7 Å². The summed E-state index contributed by atoms with van der Waals surface area (Å²) in [5.41, 5.74) is 0.515. The highest BCUT2D eigenvalue weighted by Crippen LogP contribution is 2.27. The number of thiophene rings is 1. The monoisotopic (exact) mass is 435 g/mol.